The molecule has 0 aromatic rings. The molecule has 1 atom stereocenters. The highest BCUT2D eigenvalue weighted by Gasteiger charge is 2.06. The molecule has 0 aromatic carbocycles. The maximum atomic E-state index is 7.26. The van der Waals surface area contributed by atoms with Gasteiger partial charge in [-0.25, -0.2) is 0 Å². The monoisotopic (exact) mass is 122 g/mol. The van der Waals surface area contributed by atoms with E-state index in [1.54, 1.807) is 6.20 Å². The summed E-state index contributed by atoms with van der Waals surface area (Å²) in [6.45, 7) is 1.82. The van der Waals surface area contributed by atoms with Crippen LogP contribution in [-0.2, 0) is 0 Å². The van der Waals surface area contributed by atoms with Gasteiger partial charge in [-0.05, 0) is 13.3 Å². The van der Waals surface area contributed by atoms with Gasteiger partial charge in [-0.3, -0.25) is 4.99 Å². The summed E-state index contributed by atoms with van der Waals surface area (Å²) in [6, 6.07) is 0. The van der Waals surface area contributed by atoms with Crippen LogP contribution in [0.2, 0.25) is 0 Å². The average Bonchev–Trinajstić information content (AvgIpc) is 1.90. The molecule has 0 saturated carbocycles. The molecule has 0 aliphatic carbocycles. The van der Waals surface area contributed by atoms with E-state index in [9.17, 15) is 0 Å². The molecular formula is C7H10N2. The van der Waals surface area contributed by atoms with Crippen LogP contribution in [0.25, 0.3) is 0 Å². The third-order valence-electron chi connectivity index (χ3n) is 1.40. The molecule has 1 rings (SSSR count). The van der Waals surface area contributed by atoms with E-state index in [4.69, 9.17) is 5.41 Å². The number of nitrogens with one attached hydrogen (secondary N) is 1. The normalized spacial score (nSPS) is 24.3. The minimum Gasteiger partial charge on any atom is -0.309 e. The summed E-state index contributed by atoms with van der Waals surface area (Å²) in [5.41, 5.74) is 0.697. The van der Waals surface area contributed by atoms with Crippen molar-refractivity contribution in [1.82, 2.24) is 0 Å². The lowest BCUT2D eigenvalue weighted by atomic mass is 10.0. The molecule has 2 nitrogen and oxygen atoms in total. The Kier molecular flexibility index (Phi) is 1.78. The van der Waals surface area contributed by atoms with Crippen LogP contribution in [0.1, 0.15) is 13.3 Å². The Hall–Kier alpha value is -0.920. The standard InChI is InChI=1S/C7H10N2/c1-6(8)7-3-2-4-9-5-7/h2,4-5,7-8H,3H2,1H3. The highest BCUT2D eigenvalue weighted by atomic mass is 14.7. The fraction of sp³-hybridized carbons (Fsp3) is 0.429. The van der Waals surface area contributed by atoms with Crippen LogP contribution >= 0.6 is 0 Å². The Balaban J connectivity index is 2.56. The molecule has 1 aliphatic heterocycles. The first-order valence-electron chi connectivity index (χ1n) is 3.04. The SMILES string of the molecule is CC(=N)C1C=NC=CC1. The van der Waals surface area contributed by atoms with Gasteiger partial charge in [0.25, 0.3) is 0 Å². The zero-order chi connectivity index (χ0) is 6.69. The molecule has 0 bridgehead atoms. The summed E-state index contributed by atoms with van der Waals surface area (Å²) < 4.78 is 0. The smallest absolute Gasteiger partial charge is 0.0352 e. The van der Waals surface area contributed by atoms with Crippen molar-refractivity contribution in [3.63, 3.8) is 0 Å². The second-order valence-corrected chi connectivity index (χ2v) is 2.21. The number of rotatable bonds is 1. The fourth-order valence-electron chi connectivity index (χ4n) is 0.771. The van der Waals surface area contributed by atoms with E-state index in [0.717, 1.165) is 6.42 Å². The summed E-state index contributed by atoms with van der Waals surface area (Å²) in [7, 11) is 0. The molecule has 0 radical (unpaired) electrons. The molecule has 2 heteroatoms. The quantitative estimate of drug-likeness (QED) is 0.513. The predicted octanol–water partition coefficient (Wildman–Crippen LogP) is 1.63. The molecule has 48 valence electrons. The van der Waals surface area contributed by atoms with Gasteiger partial charge in [-0.1, -0.05) is 6.08 Å². The molecule has 1 N–H and O–H groups in total. The summed E-state index contributed by atoms with van der Waals surface area (Å²) in [6.07, 6.45) is 6.53. The first-order chi connectivity index (χ1) is 4.30. The van der Waals surface area contributed by atoms with Crippen molar-refractivity contribution < 1.29 is 0 Å². The molecular weight excluding hydrogens is 112 g/mol. The van der Waals surface area contributed by atoms with Gasteiger partial charge < -0.3 is 5.41 Å². The third-order valence-corrected chi connectivity index (χ3v) is 1.40. The van der Waals surface area contributed by atoms with Crippen LogP contribution in [-0.4, -0.2) is 11.9 Å². The van der Waals surface area contributed by atoms with E-state index >= 15 is 0 Å². The molecule has 9 heavy (non-hydrogen) atoms. The van der Waals surface area contributed by atoms with Gasteiger partial charge in [0.05, 0.1) is 0 Å². The lowest BCUT2D eigenvalue weighted by Crippen LogP contribution is -2.11. The molecule has 0 saturated heterocycles. The van der Waals surface area contributed by atoms with Gasteiger partial charge in [-0.15, -0.1) is 0 Å². The minimum atomic E-state index is 0.259. The molecule has 0 fully saturated rings. The van der Waals surface area contributed by atoms with E-state index in [-0.39, 0.29) is 5.92 Å². The number of hydrogen-bond donors (Lipinski definition) is 1. The van der Waals surface area contributed by atoms with E-state index in [2.05, 4.69) is 4.99 Å². The Morgan fingerprint density at radius 3 is 2.89 bits per heavy atom. The minimum absolute atomic E-state index is 0.259. The summed E-state index contributed by atoms with van der Waals surface area (Å²) in [5.74, 6) is 0.259. The first-order valence-corrected chi connectivity index (χ1v) is 3.04. The summed E-state index contributed by atoms with van der Waals surface area (Å²) >= 11 is 0. The summed E-state index contributed by atoms with van der Waals surface area (Å²) in [5, 5.41) is 7.26. The number of hydrogen-bond acceptors (Lipinski definition) is 2. The van der Waals surface area contributed by atoms with E-state index in [1.165, 1.54) is 0 Å². The van der Waals surface area contributed by atoms with Crippen LogP contribution in [0.5, 0.6) is 0 Å². The van der Waals surface area contributed by atoms with E-state index < -0.39 is 0 Å². The van der Waals surface area contributed by atoms with Crippen molar-refractivity contribution in [3.05, 3.63) is 12.3 Å². The first kappa shape index (κ1) is 6.20. The largest absolute Gasteiger partial charge is 0.309 e. The van der Waals surface area contributed by atoms with E-state index in [1.807, 2.05) is 19.2 Å². The number of aliphatic imine (C=N–C) groups is 1. The topological polar surface area (TPSA) is 36.2 Å². The number of allylic oxidation sites excluding steroid dienone is 1. The van der Waals surface area contributed by atoms with Gasteiger partial charge in [0.1, 0.15) is 0 Å². The molecule has 1 unspecified atom stereocenters. The van der Waals surface area contributed by atoms with Gasteiger partial charge in [0, 0.05) is 24.0 Å². The Bertz CT molecular complexity index is 168. The Labute approximate surface area is 54.8 Å². The van der Waals surface area contributed by atoms with Crippen LogP contribution in [0.3, 0.4) is 0 Å². The zero-order valence-corrected chi connectivity index (χ0v) is 5.46. The van der Waals surface area contributed by atoms with Crippen molar-refractivity contribution in [2.75, 3.05) is 0 Å². The van der Waals surface area contributed by atoms with Crippen molar-refractivity contribution in [2.24, 2.45) is 10.9 Å². The van der Waals surface area contributed by atoms with Crippen molar-refractivity contribution in [1.29, 1.82) is 5.41 Å². The van der Waals surface area contributed by atoms with Gasteiger partial charge in [0.2, 0.25) is 0 Å². The van der Waals surface area contributed by atoms with Crippen molar-refractivity contribution >= 4 is 11.9 Å². The highest BCUT2D eigenvalue weighted by molar-refractivity contribution is 5.95. The highest BCUT2D eigenvalue weighted by Crippen LogP contribution is 2.06. The maximum Gasteiger partial charge on any atom is 0.0352 e. The van der Waals surface area contributed by atoms with Gasteiger partial charge in [0.15, 0.2) is 0 Å². The van der Waals surface area contributed by atoms with E-state index in [0.29, 0.717) is 5.71 Å². The lowest BCUT2D eigenvalue weighted by molar-refractivity contribution is 0.915. The molecule has 0 spiro atoms. The molecule has 0 aromatic heterocycles. The Morgan fingerprint density at radius 1 is 1.78 bits per heavy atom. The molecule has 1 heterocycles. The third kappa shape index (κ3) is 1.49. The lowest BCUT2D eigenvalue weighted by Gasteiger charge is -2.08. The van der Waals surface area contributed by atoms with Crippen LogP contribution in [0.4, 0.5) is 0 Å². The van der Waals surface area contributed by atoms with Crippen LogP contribution in [0.15, 0.2) is 17.3 Å². The molecule has 0 amide bonds. The maximum absolute atomic E-state index is 7.26. The predicted molar refractivity (Wildman–Crippen MR) is 39.1 cm³/mol. The fourth-order valence-corrected chi connectivity index (χ4v) is 0.771. The van der Waals surface area contributed by atoms with Gasteiger partial charge >= 0.3 is 0 Å². The van der Waals surface area contributed by atoms with Gasteiger partial charge in [-0.2, -0.15) is 0 Å². The van der Waals surface area contributed by atoms with Crippen molar-refractivity contribution in [2.45, 2.75) is 13.3 Å². The second-order valence-electron chi connectivity index (χ2n) is 2.21. The number of nitrogens with zero attached hydrogens (tertiary/aromatic N) is 1. The zero-order valence-electron chi connectivity index (χ0n) is 5.46. The summed E-state index contributed by atoms with van der Waals surface area (Å²) in [4.78, 5) is 3.93. The average molecular weight is 122 g/mol. The Morgan fingerprint density at radius 2 is 2.56 bits per heavy atom. The van der Waals surface area contributed by atoms with Crippen LogP contribution < -0.4 is 0 Å². The van der Waals surface area contributed by atoms with Crippen molar-refractivity contribution in [3.8, 4) is 0 Å². The second kappa shape index (κ2) is 2.58. The molecule has 1 aliphatic rings. The van der Waals surface area contributed by atoms with Crippen LogP contribution in [0, 0.1) is 11.3 Å².